The zero-order valence-electron chi connectivity index (χ0n) is 18.1. The Labute approximate surface area is 192 Å². The van der Waals surface area contributed by atoms with Crippen LogP contribution in [0.5, 0.6) is 0 Å². The summed E-state index contributed by atoms with van der Waals surface area (Å²) in [6.45, 7) is 5.20. The predicted molar refractivity (Wildman–Crippen MR) is 125 cm³/mol. The molecular weight excluding hydrogens is 444 g/mol. The molecule has 1 aliphatic rings. The van der Waals surface area contributed by atoms with Crippen molar-refractivity contribution in [3.63, 3.8) is 0 Å². The van der Waals surface area contributed by atoms with E-state index in [-0.39, 0.29) is 10.8 Å². The van der Waals surface area contributed by atoms with Crippen molar-refractivity contribution in [2.75, 3.05) is 18.4 Å². The van der Waals surface area contributed by atoms with E-state index in [4.69, 9.17) is 0 Å². The Morgan fingerprint density at radius 1 is 1.03 bits per heavy atom. The van der Waals surface area contributed by atoms with E-state index in [1.54, 1.807) is 4.31 Å². The Morgan fingerprint density at radius 3 is 2.34 bits per heavy atom. The second-order valence-corrected chi connectivity index (χ2v) is 11.4. The molecule has 0 spiro atoms. The molecule has 0 aliphatic carbocycles. The molecule has 3 aromatic rings. The van der Waals surface area contributed by atoms with E-state index < -0.39 is 10.0 Å². The number of hydrogen-bond acceptors (Lipinski definition) is 6. The molecule has 2 unspecified atom stereocenters. The average molecular weight is 471 g/mol. The largest absolute Gasteiger partial charge is 0.296 e. The molecule has 0 saturated carbocycles. The molecule has 4 rings (SSSR count). The molecule has 0 bridgehead atoms. The normalized spacial score (nSPS) is 19.6. The van der Waals surface area contributed by atoms with Crippen LogP contribution in [-0.2, 0) is 16.4 Å². The minimum atomic E-state index is -3.57. The van der Waals surface area contributed by atoms with Gasteiger partial charge in [-0.05, 0) is 48.1 Å². The Kier molecular flexibility index (Phi) is 6.68. The van der Waals surface area contributed by atoms with Crippen molar-refractivity contribution >= 4 is 32.4 Å². The van der Waals surface area contributed by atoms with Gasteiger partial charge in [0.25, 0.3) is 5.91 Å². The molecule has 168 valence electrons. The van der Waals surface area contributed by atoms with Gasteiger partial charge in [-0.25, -0.2) is 8.42 Å². The second-order valence-electron chi connectivity index (χ2n) is 8.41. The summed E-state index contributed by atoms with van der Waals surface area (Å²) in [7, 11) is -3.57. The van der Waals surface area contributed by atoms with E-state index in [1.165, 1.54) is 35.6 Å². The smallest absolute Gasteiger partial charge is 0.257 e. The van der Waals surface area contributed by atoms with Gasteiger partial charge in [0.2, 0.25) is 15.2 Å². The van der Waals surface area contributed by atoms with E-state index >= 15 is 0 Å². The summed E-state index contributed by atoms with van der Waals surface area (Å²) in [5, 5.41) is 12.1. The van der Waals surface area contributed by atoms with Crippen LogP contribution in [0, 0.1) is 11.8 Å². The van der Waals surface area contributed by atoms with Crippen molar-refractivity contribution in [3.05, 3.63) is 70.7 Å². The van der Waals surface area contributed by atoms with Crippen LogP contribution in [0.25, 0.3) is 0 Å². The van der Waals surface area contributed by atoms with Gasteiger partial charge in [0.1, 0.15) is 5.01 Å². The number of benzene rings is 2. The lowest BCUT2D eigenvalue weighted by atomic mass is 9.94. The lowest BCUT2D eigenvalue weighted by Crippen LogP contribution is -2.42. The monoisotopic (exact) mass is 470 g/mol. The quantitative estimate of drug-likeness (QED) is 0.587. The van der Waals surface area contributed by atoms with E-state index in [1.807, 2.05) is 30.3 Å². The third-order valence-corrected chi connectivity index (χ3v) is 8.16. The lowest BCUT2D eigenvalue weighted by Gasteiger charge is -2.34. The molecule has 9 heteroatoms. The van der Waals surface area contributed by atoms with Gasteiger partial charge in [0, 0.05) is 25.1 Å². The molecule has 1 saturated heterocycles. The van der Waals surface area contributed by atoms with Gasteiger partial charge >= 0.3 is 0 Å². The topological polar surface area (TPSA) is 92.3 Å². The minimum Gasteiger partial charge on any atom is -0.296 e. The van der Waals surface area contributed by atoms with E-state index in [9.17, 15) is 13.2 Å². The maximum atomic E-state index is 13.0. The summed E-state index contributed by atoms with van der Waals surface area (Å²) in [6, 6.07) is 16.0. The SMILES string of the molecule is CC1CC(C)CN(S(=O)(=O)c2ccc(C(=O)Nc3nnc(Cc4ccccc4)s3)cc2)C1. The fourth-order valence-electron chi connectivity index (χ4n) is 4.04. The number of carbonyl (C=O) groups is 1. The molecule has 2 aromatic carbocycles. The standard InChI is InChI=1S/C23H26N4O3S2/c1-16-12-17(2)15-27(14-16)32(29,30)20-10-8-19(9-11-20)22(28)24-23-26-25-21(31-23)13-18-6-4-3-5-7-18/h3-11,16-17H,12-15H2,1-2H3,(H,24,26,28). The fourth-order valence-corrected chi connectivity index (χ4v) is 6.49. The molecule has 1 fully saturated rings. The van der Waals surface area contributed by atoms with Crippen molar-refractivity contribution in [2.24, 2.45) is 11.8 Å². The number of sulfonamides is 1. The van der Waals surface area contributed by atoms with Gasteiger partial charge in [0.05, 0.1) is 4.90 Å². The zero-order valence-corrected chi connectivity index (χ0v) is 19.7. The number of nitrogens with one attached hydrogen (secondary N) is 1. The van der Waals surface area contributed by atoms with Crippen LogP contribution in [0.2, 0.25) is 0 Å². The molecule has 1 aliphatic heterocycles. The Bertz CT molecular complexity index is 1170. The Morgan fingerprint density at radius 2 is 1.69 bits per heavy atom. The Balaban J connectivity index is 1.41. The summed E-state index contributed by atoms with van der Waals surface area (Å²) in [5.41, 5.74) is 1.49. The number of piperidine rings is 1. The number of anilines is 1. The molecule has 0 radical (unpaired) electrons. The van der Waals surface area contributed by atoms with Crippen molar-refractivity contribution in [1.29, 1.82) is 0 Å². The summed E-state index contributed by atoms with van der Waals surface area (Å²) in [4.78, 5) is 12.8. The minimum absolute atomic E-state index is 0.205. The number of nitrogens with zero attached hydrogens (tertiary/aromatic N) is 3. The zero-order chi connectivity index (χ0) is 22.7. The summed E-state index contributed by atoms with van der Waals surface area (Å²) in [6.07, 6.45) is 1.68. The van der Waals surface area contributed by atoms with E-state index in [2.05, 4.69) is 29.4 Å². The highest BCUT2D eigenvalue weighted by Crippen LogP contribution is 2.27. The van der Waals surface area contributed by atoms with Gasteiger partial charge in [-0.1, -0.05) is 55.5 Å². The van der Waals surface area contributed by atoms with Crippen LogP contribution in [0.4, 0.5) is 5.13 Å². The van der Waals surface area contributed by atoms with Crippen molar-refractivity contribution in [1.82, 2.24) is 14.5 Å². The van der Waals surface area contributed by atoms with Gasteiger partial charge in [0.15, 0.2) is 0 Å². The number of carbonyl (C=O) groups excluding carboxylic acids is 1. The third-order valence-electron chi connectivity index (χ3n) is 5.48. The van der Waals surface area contributed by atoms with Crippen LogP contribution in [0.3, 0.4) is 0 Å². The average Bonchev–Trinajstić information content (AvgIpc) is 3.20. The van der Waals surface area contributed by atoms with E-state index in [0.717, 1.165) is 17.0 Å². The highest BCUT2D eigenvalue weighted by molar-refractivity contribution is 7.89. The maximum Gasteiger partial charge on any atom is 0.257 e. The Hall–Kier alpha value is -2.62. The molecule has 1 aromatic heterocycles. The number of rotatable bonds is 6. The van der Waals surface area contributed by atoms with Gasteiger partial charge in [-0.3, -0.25) is 10.1 Å². The maximum absolute atomic E-state index is 13.0. The number of aromatic nitrogens is 2. The van der Waals surface area contributed by atoms with Crippen molar-refractivity contribution in [2.45, 2.75) is 31.6 Å². The van der Waals surface area contributed by atoms with E-state index in [0.29, 0.717) is 42.0 Å². The molecule has 2 atom stereocenters. The van der Waals surface area contributed by atoms with Gasteiger partial charge in [-0.15, -0.1) is 10.2 Å². The molecule has 1 N–H and O–H groups in total. The third kappa shape index (κ3) is 5.23. The first-order chi connectivity index (χ1) is 15.3. The molecule has 7 nitrogen and oxygen atoms in total. The fraction of sp³-hybridized carbons (Fsp3) is 0.348. The first kappa shape index (κ1) is 22.6. The highest BCUT2D eigenvalue weighted by atomic mass is 32.2. The van der Waals surface area contributed by atoms with Crippen LogP contribution in [0.15, 0.2) is 59.5 Å². The van der Waals surface area contributed by atoms with Crippen LogP contribution >= 0.6 is 11.3 Å². The van der Waals surface area contributed by atoms with Crippen LogP contribution < -0.4 is 5.32 Å². The van der Waals surface area contributed by atoms with Gasteiger partial charge < -0.3 is 0 Å². The summed E-state index contributed by atoms with van der Waals surface area (Å²) < 4.78 is 27.6. The number of hydrogen-bond donors (Lipinski definition) is 1. The molecular formula is C23H26N4O3S2. The highest BCUT2D eigenvalue weighted by Gasteiger charge is 2.31. The lowest BCUT2D eigenvalue weighted by molar-refractivity contribution is 0.102. The van der Waals surface area contributed by atoms with Crippen molar-refractivity contribution in [3.8, 4) is 0 Å². The second kappa shape index (κ2) is 9.48. The molecule has 2 heterocycles. The van der Waals surface area contributed by atoms with Gasteiger partial charge in [-0.2, -0.15) is 4.31 Å². The van der Waals surface area contributed by atoms with Crippen LogP contribution in [0.1, 0.15) is 41.2 Å². The van der Waals surface area contributed by atoms with Crippen LogP contribution in [-0.4, -0.2) is 41.9 Å². The number of amides is 1. The first-order valence-electron chi connectivity index (χ1n) is 10.6. The first-order valence-corrected chi connectivity index (χ1v) is 12.8. The summed E-state index contributed by atoms with van der Waals surface area (Å²) >= 11 is 1.32. The van der Waals surface area contributed by atoms with Crippen molar-refractivity contribution < 1.29 is 13.2 Å². The molecule has 32 heavy (non-hydrogen) atoms. The molecule has 1 amide bonds. The summed E-state index contributed by atoms with van der Waals surface area (Å²) in [5.74, 6) is 0.311. The predicted octanol–water partition coefficient (Wildman–Crippen LogP) is 4.05.